The number of benzene rings is 3. The van der Waals surface area contributed by atoms with Crippen molar-refractivity contribution in [2.75, 3.05) is 74.3 Å². The summed E-state index contributed by atoms with van der Waals surface area (Å²) < 4.78 is 5.42. The van der Waals surface area contributed by atoms with Crippen LogP contribution in [0.1, 0.15) is 22.3 Å². The van der Waals surface area contributed by atoms with Crippen molar-refractivity contribution in [2.45, 2.75) is 13.3 Å². The number of aryl methyl sites for hydroxylation is 1. The number of carbonyl (C=O) groups excluding carboxylic acids is 1. The predicted molar refractivity (Wildman–Crippen MR) is 150 cm³/mol. The molecule has 0 saturated carbocycles. The van der Waals surface area contributed by atoms with Crippen molar-refractivity contribution >= 4 is 34.3 Å². The maximum atomic E-state index is 13.3. The molecular weight excluding hydrogens is 450 g/mol. The van der Waals surface area contributed by atoms with Crippen LogP contribution in [0.3, 0.4) is 0 Å². The number of hydrogen-bond donors (Lipinski definition) is 3. The number of ether oxygens (including phenoxy) is 1. The highest BCUT2D eigenvalue weighted by Gasteiger charge is 2.14. The van der Waals surface area contributed by atoms with Crippen molar-refractivity contribution < 1.29 is 9.53 Å². The number of hydrogen-bond acceptors (Lipinski definition) is 6. The van der Waals surface area contributed by atoms with Gasteiger partial charge in [0.25, 0.3) is 5.91 Å². The van der Waals surface area contributed by atoms with Crippen LogP contribution in [-0.4, -0.2) is 64.3 Å². The third-order valence-corrected chi connectivity index (χ3v) is 6.38. The van der Waals surface area contributed by atoms with E-state index in [0.717, 1.165) is 79.8 Å². The Kier molecular flexibility index (Phi) is 8.81. The summed E-state index contributed by atoms with van der Waals surface area (Å²) in [4.78, 5) is 17.7. The van der Waals surface area contributed by atoms with Gasteiger partial charge in [0.1, 0.15) is 0 Å². The fraction of sp³-hybridized carbons (Fsp3) is 0.345. The molecule has 0 unspecified atom stereocenters. The largest absolute Gasteiger partial charge is 0.384 e. The van der Waals surface area contributed by atoms with E-state index in [1.54, 1.807) is 0 Å². The van der Waals surface area contributed by atoms with Crippen LogP contribution in [0, 0.1) is 6.92 Å². The van der Waals surface area contributed by atoms with Crippen LogP contribution in [0.4, 0.5) is 28.4 Å². The summed E-state index contributed by atoms with van der Waals surface area (Å²) in [6.07, 6.45) is 1.01. The molecule has 3 aromatic rings. The lowest BCUT2D eigenvalue weighted by Gasteiger charge is -2.26. The Bertz CT molecular complexity index is 1160. The van der Waals surface area contributed by atoms with Gasteiger partial charge in [0.05, 0.1) is 18.8 Å². The smallest absolute Gasteiger partial charge is 0.257 e. The lowest BCUT2D eigenvalue weighted by atomic mass is 10.1. The number of carbonyl (C=O) groups is 1. The summed E-state index contributed by atoms with van der Waals surface area (Å²) in [6, 6.07) is 21.9. The quantitative estimate of drug-likeness (QED) is 0.342. The maximum Gasteiger partial charge on any atom is 0.257 e. The third kappa shape index (κ3) is 6.99. The number of anilines is 5. The van der Waals surface area contributed by atoms with Gasteiger partial charge in [-0.05, 0) is 67.9 Å². The van der Waals surface area contributed by atoms with E-state index in [4.69, 9.17) is 4.74 Å². The molecule has 7 heteroatoms. The highest BCUT2D eigenvalue weighted by atomic mass is 16.5. The molecule has 3 aromatic carbocycles. The SMILES string of the molecule is Cc1ccc(Nc2cccc(N(C)C)c2)cc1NC(=O)c1ccccc1NCCCN1CCOCC1. The van der Waals surface area contributed by atoms with Crippen LogP contribution >= 0.6 is 0 Å². The lowest BCUT2D eigenvalue weighted by molar-refractivity contribution is 0.0378. The van der Waals surface area contributed by atoms with Crippen LogP contribution in [0.5, 0.6) is 0 Å². The zero-order valence-electron chi connectivity index (χ0n) is 21.5. The molecule has 7 nitrogen and oxygen atoms in total. The molecule has 4 rings (SSSR count). The molecule has 3 N–H and O–H groups in total. The van der Waals surface area contributed by atoms with E-state index in [0.29, 0.717) is 5.56 Å². The van der Waals surface area contributed by atoms with Gasteiger partial charge in [-0.25, -0.2) is 0 Å². The van der Waals surface area contributed by atoms with Crippen LogP contribution < -0.4 is 20.9 Å². The Morgan fingerprint density at radius 3 is 2.53 bits per heavy atom. The van der Waals surface area contributed by atoms with Crippen molar-refractivity contribution in [1.29, 1.82) is 0 Å². The molecule has 190 valence electrons. The normalized spacial score (nSPS) is 13.8. The number of rotatable bonds is 10. The molecule has 36 heavy (non-hydrogen) atoms. The summed E-state index contributed by atoms with van der Waals surface area (Å²) in [7, 11) is 4.05. The first-order valence-corrected chi connectivity index (χ1v) is 12.6. The van der Waals surface area contributed by atoms with E-state index in [9.17, 15) is 4.79 Å². The van der Waals surface area contributed by atoms with E-state index in [1.807, 2.05) is 75.6 Å². The average Bonchev–Trinajstić information content (AvgIpc) is 2.89. The Morgan fingerprint density at radius 1 is 0.944 bits per heavy atom. The maximum absolute atomic E-state index is 13.3. The molecule has 0 aliphatic carbocycles. The van der Waals surface area contributed by atoms with Gasteiger partial charge in [-0.2, -0.15) is 0 Å². The third-order valence-electron chi connectivity index (χ3n) is 6.38. The van der Waals surface area contributed by atoms with Gasteiger partial charge >= 0.3 is 0 Å². The fourth-order valence-corrected chi connectivity index (χ4v) is 4.24. The lowest BCUT2D eigenvalue weighted by Crippen LogP contribution is -2.37. The molecule has 1 saturated heterocycles. The summed E-state index contributed by atoms with van der Waals surface area (Å²) >= 11 is 0. The van der Waals surface area contributed by atoms with E-state index >= 15 is 0 Å². The van der Waals surface area contributed by atoms with E-state index in [2.05, 4.69) is 37.9 Å². The number of nitrogens with zero attached hydrogens (tertiary/aromatic N) is 2. The second-order valence-electron chi connectivity index (χ2n) is 9.33. The Labute approximate surface area is 214 Å². The second kappa shape index (κ2) is 12.4. The average molecular weight is 488 g/mol. The second-order valence-corrected chi connectivity index (χ2v) is 9.33. The van der Waals surface area contributed by atoms with Crippen molar-refractivity contribution in [2.24, 2.45) is 0 Å². The monoisotopic (exact) mass is 487 g/mol. The number of nitrogens with one attached hydrogen (secondary N) is 3. The molecule has 1 aliphatic heterocycles. The van der Waals surface area contributed by atoms with Gasteiger partial charge in [0.2, 0.25) is 0 Å². The molecule has 0 radical (unpaired) electrons. The Hall–Kier alpha value is -3.55. The van der Waals surface area contributed by atoms with E-state index < -0.39 is 0 Å². The van der Waals surface area contributed by atoms with Gasteiger partial charge < -0.3 is 25.6 Å². The molecule has 0 aromatic heterocycles. The minimum atomic E-state index is -0.124. The van der Waals surface area contributed by atoms with Crippen LogP contribution in [0.15, 0.2) is 66.7 Å². The standard InChI is InChI=1S/C29H37N5O2/c1-22-12-13-24(31-23-8-6-9-25(20-23)33(2)3)21-28(22)32-29(35)26-10-4-5-11-27(26)30-14-7-15-34-16-18-36-19-17-34/h4-6,8-13,20-21,30-31H,7,14-19H2,1-3H3,(H,32,35). The number of morpholine rings is 1. The highest BCUT2D eigenvalue weighted by Crippen LogP contribution is 2.26. The highest BCUT2D eigenvalue weighted by molar-refractivity contribution is 6.08. The molecule has 1 aliphatic rings. The molecule has 0 spiro atoms. The predicted octanol–water partition coefficient (Wildman–Crippen LogP) is 5.19. The van der Waals surface area contributed by atoms with Crippen molar-refractivity contribution in [3.8, 4) is 0 Å². The minimum absolute atomic E-state index is 0.124. The first-order chi connectivity index (χ1) is 17.5. The van der Waals surface area contributed by atoms with Crippen molar-refractivity contribution in [1.82, 2.24) is 4.90 Å². The van der Waals surface area contributed by atoms with Gasteiger partial charge in [0.15, 0.2) is 0 Å². The van der Waals surface area contributed by atoms with Crippen molar-refractivity contribution in [3.63, 3.8) is 0 Å². The number of para-hydroxylation sites is 1. The van der Waals surface area contributed by atoms with Crippen molar-refractivity contribution in [3.05, 3.63) is 77.9 Å². The molecular formula is C29H37N5O2. The molecule has 0 bridgehead atoms. The van der Waals surface area contributed by atoms with Crippen LogP contribution in [0.2, 0.25) is 0 Å². The number of amides is 1. The van der Waals surface area contributed by atoms with Crippen LogP contribution in [0.25, 0.3) is 0 Å². The molecule has 1 fully saturated rings. The molecule has 0 atom stereocenters. The molecule has 1 amide bonds. The zero-order chi connectivity index (χ0) is 25.3. The molecule has 1 heterocycles. The minimum Gasteiger partial charge on any atom is -0.384 e. The summed E-state index contributed by atoms with van der Waals surface area (Å²) in [5, 5.41) is 10.0. The van der Waals surface area contributed by atoms with Crippen LogP contribution in [-0.2, 0) is 4.74 Å². The van der Waals surface area contributed by atoms with Gasteiger partial charge in [-0.1, -0.05) is 24.3 Å². The van der Waals surface area contributed by atoms with Gasteiger partial charge in [0, 0.05) is 62.2 Å². The topological polar surface area (TPSA) is 68.9 Å². The summed E-state index contributed by atoms with van der Waals surface area (Å²) in [6.45, 7) is 7.46. The first-order valence-electron chi connectivity index (χ1n) is 12.6. The Morgan fingerprint density at radius 2 is 1.72 bits per heavy atom. The van der Waals surface area contributed by atoms with E-state index in [1.165, 1.54) is 0 Å². The van der Waals surface area contributed by atoms with Gasteiger partial charge in [-0.15, -0.1) is 0 Å². The Balaban J connectivity index is 1.39. The van der Waals surface area contributed by atoms with Gasteiger partial charge in [-0.3, -0.25) is 9.69 Å². The summed E-state index contributed by atoms with van der Waals surface area (Å²) in [5.74, 6) is -0.124. The van der Waals surface area contributed by atoms with E-state index in [-0.39, 0.29) is 5.91 Å². The fourth-order valence-electron chi connectivity index (χ4n) is 4.24. The first kappa shape index (κ1) is 25.5. The summed E-state index contributed by atoms with van der Waals surface area (Å²) in [5.41, 5.74) is 6.32. The zero-order valence-corrected chi connectivity index (χ0v) is 21.5.